The number of fused-ring (bicyclic) bond motifs is 1. The molecule has 0 aliphatic carbocycles. The molecule has 0 bridgehead atoms. The lowest BCUT2D eigenvalue weighted by molar-refractivity contribution is 0.0973. The standard InChI is InChI=1S/C24H21N3O/c1-16-10-12-18(13-11-16)15-22(23-25-20-8-3-4-9-21(20)26-23)27-24(28)19-7-5-6-17(2)14-19/h3-15H,1-2H3,(H,25,26)(H,27,28)/b22-15+. The summed E-state index contributed by atoms with van der Waals surface area (Å²) in [6.07, 6.45) is 1.94. The Morgan fingerprint density at radius 3 is 2.46 bits per heavy atom. The largest absolute Gasteiger partial charge is 0.337 e. The molecular weight excluding hydrogens is 346 g/mol. The second-order valence-corrected chi connectivity index (χ2v) is 6.89. The Kier molecular flexibility index (Phi) is 4.77. The zero-order chi connectivity index (χ0) is 19.5. The zero-order valence-electron chi connectivity index (χ0n) is 15.9. The summed E-state index contributed by atoms with van der Waals surface area (Å²) in [5.74, 6) is 0.463. The summed E-state index contributed by atoms with van der Waals surface area (Å²) in [5, 5.41) is 3.03. The molecular formula is C24H21N3O. The Labute approximate surface area is 164 Å². The number of amides is 1. The predicted octanol–water partition coefficient (Wildman–Crippen LogP) is 5.11. The molecule has 0 radical (unpaired) electrons. The number of aromatic amines is 1. The number of para-hydroxylation sites is 2. The second kappa shape index (κ2) is 7.53. The van der Waals surface area contributed by atoms with Crippen molar-refractivity contribution in [1.29, 1.82) is 0 Å². The van der Waals surface area contributed by atoms with Crippen LogP contribution in [0.1, 0.15) is 32.9 Å². The van der Waals surface area contributed by atoms with Gasteiger partial charge in [-0.15, -0.1) is 0 Å². The van der Waals surface area contributed by atoms with Gasteiger partial charge in [-0.3, -0.25) is 4.79 Å². The molecule has 1 heterocycles. The minimum absolute atomic E-state index is 0.164. The quantitative estimate of drug-likeness (QED) is 0.527. The molecule has 0 spiro atoms. The van der Waals surface area contributed by atoms with E-state index in [1.165, 1.54) is 5.56 Å². The molecule has 4 nitrogen and oxygen atoms in total. The van der Waals surface area contributed by atoms with Crippen molar-refractivity contribution in [3.05, 3.63) is 101 Å². The topological polar surface area (TPSA) is 57.8 Å². The van der Waals surface area contributed by atoms with Gasteiger partial charge in [0.1, 0.15) is 0 Å². The van der Waals surface area contributed by atoms with Crippen molar-refractivity contribution in [2.75, 3.05) is 0 Å². The fourth-order valence-corrected chi connectivity index (χ4v) is 3.05. The maximum Gasteiger partial charge on any atom is 0.255 e. The molecule has 4 heteroatoms. The van der Waals surface area contributed by atoms with E-state index in [4.69, 9.17) is 0 Å². The molecule has 0 atom stereocenters. The Balaban J connectivity index is 1.74. The van der Waals surface area contributed by atoms with E-state index < -0.39 is 0 Å². The average molecular weight is 367 g/mol. The second-order valence-electron chi connectivity index (χ2n) is 6.89. The van der Waals surface area contributed by atoms with E-state index in [-0.39, 0.29) is 5.91 Å². The first-order chi connectivity index (χ1) is 13.6. The van der Waals surface area contributed by atoms with Crippen LogP contribution in [0, 0.1) is 13.8 Å². The van der Waals surface area contributed by atoms with Gasteiger partial charge in [0.05, 0.1) is 16.7 Å². The highest BCUT2D eigenvalue weighted by Crippen LogP contribution is 2.19. The first-order valence-electron chi connectivity index (χ1n) is 9.20. The van der Waals surface area contributed by atoms with Crippen LogP contribution in [0.15, 0.2) is 72.8 Å². The minimum atomic E-state index is -0.164. The number of aromatic nitrogens is 2. The monoisotopic (exact) mass is 367 g/mol. The van der Waals surface area contributed by atoms with E-state index in [9.17, 15) is 4.79 Å². The number of hydrogen-bond donors (Lipinski definition) is 2. The predicted molar refractivity (Wildman–Crippen MR) is 114 cm³/mol. The van der Waals surface area contributed by atoms with Gasteiger partial charge in [0.2, 0.25) is 0 Å². The Bertz CT molecular complexity index is 1140. The summed E-state index contributed by atoms with van der Waals surface area (Å²) in [4.78, 5) is 20.8. The van der Waals surface area contributed by atoms with Gasteiger partial charge < -0.3 is 10.3 Å². The van der Waals surface area contributed by atoms with Crippen LogP contribution < -0.4 is 5.32 Å². The molecule has 138 valence electrons. The summed E-state index contributed by atoms with van der Waals surface area (Å²) in [6, 6.07) is 23.5. The van der Waals surface area contributed by atoms with Gasteiger partial charge in [-0.05, 0) is 49.8 Å². The van der Waals surface area contributed by atoms with Crippen molar-refractivity contribution in [2.45, 2.75) is 13.8 Å². The fourth-order valence-electron chi connectivity index (χ4n) is 3.05. The van der Waals surface area contributed by atoms with Crippen molar-refractivity contribution < 1.29 is 4.79 Å². The molecule has 0 saturated carbocycles. The van der Waals surface area contributed by atoms with E-state index in [1.807, 2.05) is 92.7 Å². The fraction of sp³-hybridized carbons (Fsp3) is 0.0833. The van der Waals surface area contributed by atoms with Crippen LogP contribution in [-0.2, 0) is 0 Å². The number of carbonyl (C=O) groups excluding carboxylic acids is 1. The maximum atomic E-state index is 12.8. The third-order valence-electron chi connectivity index (χ3n) is 4.56. The van der Waals surface area contributed by atoms with Crippen LogP contribution in [0.3, 0.4) is 0 Å². The maximum absolute atomic E-state index is 12.8. The van der Waals surface area contributed by atoms with Gasteiger partial charge in [0.15, 0.2) is 5.82 Å². The van der Waals surface area contributed by atoms with Crippen LogP contribution in [-0.4, -0.2) is 15.9 Å². The summed E-state index contributed by atoms with van der Waals surface area (Å²) in [7, 11) is 0. The van der Waals surface area contributed by atoms with E-state index in [0.717, 1.165) is 22.2 Å². The Morgan fingerprint density at radius 1 is 0.929 bits per heavy atom. The molecule has 28 heavy (non-hydrogen) atoms. The lowest BCUT2D eigenvalue weighted by Crippen LogP contribution is -2.22. The molecule has 1 amide bonds. The summed E-state index contributed by atoms with van der Waals surface area (Å²) in [5.41, 5.74) is 6.25. The Morgan fingerprint density at radius 2 is 1.71 bits per heavy atom. The number of imidazole rings is 1. The Hall–Kier alpha value is -3.66. The van der Waals surface area contributed by atoms with Crippen LogP contribution in [0.4, 0.5) is 0 Å². The third kappa shape index (κ3) is 3.86. The molecule has 0 unspecified atom stereocenters. The van der Waals surface area contributed by atoms with E-state index in [1.54, 1.807) is 0 Å². The van der Waals surface area contributed by atoms with Gasteiger partial charge >= 0.3 is 0 Å². The van der Waals surface area contributed by atoms with Crippen LogP contribution in [0.2, 0.25) is 0 Å². The van der Waals surface area contributed by atoms with Crippen LogP contribution >= 0.6 is 0 Å². The molecule has 4 rings (SSSR count). The van der Waals surface area contributed by atoms with E-state index in [0.29, 0.717) is 17.1 Å². The molecule has 0 fully saturated rings. The van der Waals surface area contributed by atoms with Crippen molar-refractivity contribution in [1.82, 2.24) is 15.3 Å². The number of rotatable bonds is 4. The number of carbonyl (C=O) groups is 1. The first kappa shape index (κ1) is 17.7. The van der Waals surface area contributed by atoms with E-state index in [2.05, 4.69) is 15.3 Å². The zero-order valence-corrected chi connectivity index (χ0v) is 15.9. The highest BCUT2D eigenvalue weighted by molar-refractivity contribution is 6.01. The molecule has 0 aliphatic rings. The smallest absolute Gasteiger partial charge is 0.255 e. The molecule has 1 aromatic heterocycles. The number of aryl methyl sites for hydroxylation is 2. The lowest BCUT2D eigenvalue weighted by Gasteiger charge is -2.09. The van der Waals surface area contributed by atoms with Gasteiger partial charge in [0.25, 0.3) is 5.91 Å². The molecule has 0 saturated heterocycles. The van der Waals surface area contributed by atoms with Crippen molar-refractivity contribution in [3.8, 4) is 0 Å². The first-order valence-corrected chi connectivity index (χ1v) is 9.20. The summed E-state index contributed by atoms with van der Waals surface area (Å²) in [6.45, 7) is 4.02. The number of nitrogens with zero attached hydrogens (tertiary/aromatic N) is 1. The van der Waals surface area contributed by atoms with E-state index >= 15 is 0 Å². The van der Waals surface area contributed by atoms with Gasteiger partial charge in [-0.25, -0.2) is 4.98 Å². The van der Waals surface area contributed by atoms with Crippen molar-refractivity contribution in [3.63, 3.8) is 0 Å². The SMILES string of the molecule is Cc1ccc(/C=C(/NC(=O)c2cccc(C)c2)c2nc3ccccc3[nH]2)cc1. The number of nitrogens with one attached hydrogen (secondary N) is 2. The number of hydrogen-bond acceptors (Lipinski definition) is 2. The minimum Gasteiger partial charge on any atom is -0.337 e. The highest BCUT2D eigenvalue weighted by atomic mass is 16.1. The number of benzene rings is 3. The summed E-state index contributed by atoms with van der Waals surface area (Å²) < 4.78 is 0. The number of H-pyrrole nitrogens is 1. The van der Waals surface area contributed by atoms with Crippen LogP contribution in [0.5, 0.6) is 0 Å². The highest BCUT2D eigenvalue weighted by Gasteiger charge is 2.13. The van der Waals surface area contributed by atoms with Gasteiger partial charge in [-0.1, -0.05) is 59.7 Å². The third-order valence-corrected chi connectivity index (χ3v) is 4.56. The van der Waals surface area contributed by atoms with Crippen LogP contribution in [0.25, 0.3) is 22.8 Å². The lowest BCUT2D eigenvalue weighted by atomic mass is 10.1. The molecule has 4 aromatic rings. The summed E-state index contributed by atoms with van der Waals surface area (Å²) >= 11 is 0. The average Bonchev–Trinajstić information content (AvgIpc) is 3.13. The normalized spacial score (nSPS) is 11.6. The molecule has 3 aromatic carbocycles. The van der Waals surface area contributed by atoms with Crippen molar-refractivity contribution in [2.24, 2.45) is 0 Å². The van der Waals surface area contributed by atoms with Gasteiger partial charge in [-0.2, -0.15) is 0 Å². The van der Waals surface area contributed by atoms with Gasteiger partial charge in [0, 0.05) is 5.56 Å². The molecule has 0 aliphatic heterocycles. The van der Waals surface area contributed by atoms with Crippen molar-refractivity contribution >= 4 is 28.7 Å². The molecule has 2 N–H and O–H groups in total.